The number of aromatic hydroxyl groups is 1. The number of aryl methyl sites for hydroxylation is 1. The second kappa shape index (κ2) is 7.04. The number of allylic oxidation sites excluding steroid dienone is 4. The number of benzene rings is 1. The minimum absolute atomic E-state index is 0.0999. The summed E-state index contributed by atoms with van der Waals surface area (Å²) in [6, 6.07) is 5.41. The first-order valence-electron chi connectivity index (χ1n) is 8.18. The Morgan fingerprint density at radius 1 is 1.27 bits per heavy atom. The van der Waals surface area contributed by atoms with Crippen molar-refractivity contribution >= 4 is 0 Å². The Labute approximate surface area is 134 Å². The van der Waals surface area contributed by atoms with E-state index in [1.54, 1.807) is 6.07 Å². The van der Waals surface area contributed by atoms with Crippen molar-refractivity contribution < 1.29 is 9.84 Å². The molecule has 2 rings (SSSR count). The van der Waals surface area contributed by atoms with Crippen molar-refractivity contribution in [1.82, 2.24) is 0 Å². The molecule has 0 aromatic heterocycles. The third kappa shape index (κ3) is 4.66. The molecule has 1 heterocycles. The Bertz CT molecular complexity index is 579. The van der Waals surface area contributed by atoms with Crippen LogP contribution in [0.15, 0.2) is 41.5 Å². The van der Waals surface area contributed by atoms with Gasteiger partial charge in [-0.15, -0.1) is 0 Å². The molecule has 1 atom stereocenters. The summed E-state index contributed by atoms with van der Waals surface area (Å²) in [5.74, 6) is 1.25. The summed E-state index contributed by atoms with van der Waals surface area (Å²) >= 11 is 0. The lowest BCUT2D eigenvalue weighted by Crippen LogP contribution is -2.36. The second-order valence-electron chi connectivity index (χ2n) is 6.92. The number of rotatable bonds is 5. The highest BCUT2D eigenvalue weighted by molar-refractivity contribution is 5.41. The standard InChI is InChI=1S/C20H28O2/c1-15(2)7-8-16(3)6-5-12-20(4)13-11-17-14-18(21)9-10-19(17)22-20/h6-7,9-10,14,21H,5,8,11-13H2,1-4H3. The minimum Gasteiger partial charge on any atom is -0.508 e. The van der Waals surface area contributed by atoms with Gasteiger partial charge in [-0.2, -0.15) is 0 Å². The van der Waals surface area contributed by atoms with Crippen LogP contribution in [0.25, 0.3) is 0 Å². The number of hydrogen-bond donors (Lipinski definition) is 1. The smallest absolute Gasteiger partial charge is 0.123 e. The van der Waals surface area contributed by atoms with Gasteiger partial charge in [0, 0.05) is 0 Å². The molecule has 2 heteroatoms. The van der Waals surface area contributed by atoms with E-state index < -0.39 is 0 Å². The highest BCUT2D eigenvalue weighted by Crippen LogP contribution is 2.37. The van der Waals surface area contributed by atoms with Crippen molar-refractivity contribution in [2.24, 2.45) is 0 Å². The fraction of sp³-hybridized carbons (Fsp3) is 0.500. The summed E-state index contributed by atoms with van der Waals surface area (Å²) < 4.78 is 6.20. The fourth-order valence-corrected chi connectivity index (χ4v) is 2.82. The van der Waals surface area contributed by atoms with Gasteiger partial charge in [0.25, 0.3) is 0 Å². The lowest BCUT2D eigenvalue weighted by atomic mass is 9.88. The van der Waals surface area contributed by atoms with Crippen LogP contribution in [0.4, 0.5) is 0 Å². The maximum atomic E-state index is 9.54. The van der Waals surface area contributed by atoms with Gasteiger partial charge in [-0.1, -0.05) is 23.3 Å². The molecule has 1 unspecified atom stereocenters. The van der Waals surface area contributed by atoms with E-state index >= 15 is 0 Å². The quantitative estimate of drug-likeness (QED) is 0.721. The summed E-state index contributed by atoms with van der Waals surface area (Å²) in [6.07, 6.45) is 9.70. The number of ether oxygens (including phenoxy) is 1. The molecule has 0 bridgehead atoms. The van der Waals surface area contributed by atoms with Crippen LogP contribution < -0.4 is 4.74 Å². The third-order valence-corrected chi connectivity index (χ3v) is 4.32. The van der Waals surface area contributed by atoms with Crippen molar-refractivity contribution in [3.05, 3.63) is 47.1 Å². The zero-order valence-electron chi connectivity index (χ0n) is 14.3. The first-order valence-corrected chi connectivity index (χ1v) is 8.18. The lowest BCUT2D eigenvalue weighted by Gasteiger charge is -2.35. The number of phenols is 1. The van der Waals surface area contributed by atoms with Crippen molar-refractivity contribution in [2.45, 2.75) is 65.4 Å². The van der Waals surface area contributed by atoms with Gasteiger partial charge >= 0.3 is 0 Å². The predicted molar refractivity (Wildman–Crippen MR) is 92.5 cm³/mol. The molecule has 1 aliphatic rings. The Balaban J connectivity index is 1.92. The van der Waals surface area contributed by atoms with Crippen molar-refractivity contribution in [3.8, 4) is 11.5 Å². The van der Waals surface area contributed by atoms with Crippen LogP contribution in [0.1, 0.15) is 58.9 Å². The molecule has 1 aromatic rings. The lowest BCUT2D eigenvalue weighted by molar-refractivity contribution is 0.0570. The van der Waals surface area contributed by atoms with Crippen molar-refractivity contribution in [2.75, 3.05) is 0 Å². The predicted octanol–water partition coefficient (Wildman–Crippen LogP) is 5.56. The second-order valence-corrected chi connectivity index (χ2v) is 6.92. The van der Waals surface area contributed by atoms with Crippen LogP contribution in [0.5, 0.6) is 11.5 Å². The summed E-state index contributed by atoms with van der Waals surface area (Å²) in [4.78, 5) is 0. The Hall–Kier alpha value is -1.70. The molecular weight excluding hydrogens is 272 g/mol. The van der Waals surface area contributed by atoms with E-state index in [1.165, 1.54) is 11.1 Å². The number of fused-ring (bicyclic) bond motifs is 1. The zero-order valence-corrected chi connectivity index (χ0v) is 14.3. The largest absolute Gasteiger partial charge is 0.508 e. The van der Waals surface area contributed by atoms with E-state index in [-0.39, 0.29) is 5.60 Å². The number of phenolic OH excluding ortho intramolecular Hbond substituents is 1. The van der Waals surface area contributed by atoms with E-state index in [0.29, 0.717) is 5.75 Å². The molecule has 0 saturated heterocycles. The molecule has 0 aliphatic carbocycles. The average Bonchev–Trinajstić information content (AvgIpc) is 2.45. The van der Waals surface area contributed by atoms with Crippen molar-refractivity contribution in [1.29, 1.82) is 0 Å². The molecule has 22 heavy (non-hydrogen) atoms. The molecule has 0 spiro atoms. The third-order valence-electron chi connectivity index (χ3n) is 4.32. The molecule has 1 aliphatic heterocycles. The van der Waals surface area contributed by atoms with Gasteiger partial charge in [-0.3, -0.25) is 0 Å². The van der Waals surface area contributed by atoms with E-state index in [1.807, 2.05) is 12.1 Å². The minimum atomic E-state index is -0.0999. The Morgan fingerprint density at radius 3 is 2.77 bits per heavy atom. The Kier molecular flexibility index (Phi) is 5.33. The molecule has 120 valence electrons. The van der Waals surface area contributed by atoms with Crippen LogP contribution in [-0.4, -0.2) is 10.7 Å². The first-order chi connectivity index (χ1) is 10.4. The maximum absolute atomic E-state index is 9.54. The van der Waals surface area contributed by atoms with Gasteiger partial charge in [0.1, 0.15) is 17.1 Å². The first kappa shape index (κ1) is 16.7. The van der Waals surface area contributed by atoms with Crippen LogP contribution >= 0.6 is 0 Å². The molecule has 1 aromatic carbocycles. The van der Waals surface area contributed by atoms with E-state index in [4.69, 9.17) is 4.74 Å². The summed E-state index contributed by atoms with van der Waals surface area (Å²) in [5.41, 5.74) is 3.81. The van der Waals surface area contributed by atoms with Crippen LogP contribution in [0.2, 0.25) is 0 Å². The van der Waals surface area contributed by atoms with Gasteiger partial charge in [0.15, 0.2) is 0 Å². The topological polar surface area (TPSA) is 29.5 Å². The molecular formula is C20H28O2. The summed E-state index contributed by atoms with van der Waals surface area (Å²) in [6.45, 7) is 8.67. The van der Waals surface area contributed by atoms with E-state index in [0.717, 1.165) is 43.4 Å². The van der Waals surface area contributed by atoms with Gasteiger partial charge < -0.3 is 9.84 Å². The molecule has 0 amide bonds. The molecule has 0 saturated carbocycles. The molecule has 0 fully saturated rings. The summed E-state index contributed by atoms with van der Waals surface area (Å²) in [7, 11) is 0. The highest BCUT2D eigenvalue weighted by Gasteiger charge is 2.30. The SMILES string of the molecule is CC(C)=CCC(C)=CCCC1(C)CCc2cc(O)ccc2O1. The zero-order chi connectivity index (χ0) is 16.2. The van der Waals surface area contributed by atoms with Gasteiger partial charge in [-0.25, -0.2) is 0 Å². The molecule has 2 nitrogen and oxygen atoms in total. The normalized spacial score (nSPS) is 21.0. The Morgan fingerprint density at radius 2 is 2.05 bits per heavy atom. The molecule has 0 radical (unpaired) electrons. The van der Waals surface area contributed by atoms with Crippen LogP contribution in [-0.2, 0) is 6.42 Å². The monoisotopic (exact) mass is 300 g/mol. The van der Waals surface area contributed by atoms with Crippen LogP contribution in [0.3, 0.4) is 0 Å². The number of hydrogen-bond acceptors (Lipinski definition) is 2. The van der Waals surface area contributed by atoms with Gasteiger partial charge in [0.2, 0.25) is 0 Å². The van der Waals surface area contributed by atoms with Crippen molar-refractivity contribution in [3.63, 3.8) is 0 Å². The van der Waals surface area contributed by atoms with Gasteiger partial charge in [0.05, 0.1) is 0 Å². The summed E-state index contributed by atoms with van der Waals surface area (Å²) in [5, 5.41) is 9.54. The van der Waals surface area contributed by atoms with Gasteiger partial charge in [-0.05, 0) is 83.6 Å². The van der Waals surface area contributed by atoms with Crippen LogP contribution in [0, 0.1) is 0 Å². The fourth-order valence-electron chi connectivity index (χ4n) is 2.82. The average molecular weight is 300 g/mol. The van der Waals surface area contributed by atoms with E-state index in [9.17, 15) is 5.11 Å². The van der Waals surface area contributed by atoms with E-state index in [2.05, 4.69) is 39.8 Å². The maximum Gasteiger partial charge on any atom is 0.123 e. The highest BCUT2D eigenvalue weighted by atomic mass is 16.5. The molecule has 1 N–H and O–H groups in total.